The summed E-state index contributed by atoms with van der Waals surface area (Å²) in [6.07, 6.45) is 1.92. The van der Waals surface area contributed by atoms with Crippen molar-refractivity contribution in [2.45, 2.75) is 19.8 Å². The number of nitro groups is 1. The molecule has 0 spiro atoms. The third-order valence-electron chi connectivity index (χ3n) is 5.53. The van der Waals surface area contributed by atoms with Gasteiger partial charge in [0.25, 0.3) is 11.6 Å². The summed E-state index contributed by atoms with van der Waals surface area (Å²) >= 11 is 0. The molecule has 0 atom stereocenters. The third kappa shape index (κ3) is 4.74. The number of nitro benzene ring substituents is 1. The number of carbonyl (C=O) groups is 2. The van der Waals surface area contributed by atoms with Gasteiger partial charge in [-0.25, -0.2) is 4.79 Å². The van der Waals surface area contributed by atoms with Gasteiger partial charge in [0.1, 0.15) is 0 Å². The number of benzene rings is 2. The molecule has 0 aliphatic carbocycles. The van der Waals surface area contributed by atoms with E-state index in [0.29, 0.717) is 28.8 Å². The zero-order valence-corrected chi connectivity index (χ0v) is 17.5. The molecule has 1 fully saturated rings. The summed E-state index contributed by atoms with van der Waals surface area (Å²) in [4.78, 5) is 37.7. The summed E-state index contributed by atoms with van der Waals surface area (Å²) in [5, 5.41) is 13.8. The van der Waals surface area contributed by atoms with Crippen LogP contribution in [0.1, 0.15) is 30.1 Å². The Balaban J connectivity index is 1.44. The van der Waals surface area contributed by atoms with Gasteiger partial charge < -0.3 is 24.4 Å². The Morgan fingerprint density at radius 2 is 1.91 bits per heavy atom. The molecule has 32 heavy (non-hydrogen) atoms. The zero-order chi connectivity index (χ0) is 22.7. The monoisotopic (exact) mass is 441 g/mol. The van der Waals surface area contributed by atoms with Gasteiger partial charge in [-0.3, -0.25) is 14.9 Å². The summed E-state index contributed by atoms with van der Waals surface area (Å²) in [6, 6.07) is 9.06. The highest BCUT2D eigenvalue weighted by atomic mass is 16.7. The van der Waals surface area contributed by atoms with E-state index in [0.717, 1.165) is 25.9 Å². The number of amides is 1. The van der Waals surface area contributed by atoms with Gasteiger partial charge in [-0.1, -0.05) is 6.92 Å². The number of nitrogens with one attached hydrogen (secondary N) is 1. The minimum absolute atomic E-state index is 0.0737. The number of rotatable bonds is 6. The largest absolute Gasteiger partial charge is 0.454 e. The maximum Gasteiger partial charge on any atom is 0.341 e. The second kappa shape index (κ2) is 9.13. The van der Waals surface area contributed by atoms with Gasteiger partial charge in [-0.2, -0.15) is 0 Å². The lowest BCUT2D eigenvalue weighted by atomic mass is 9.98. The van der Waals surface area contributed by atoms with Gasteiger partial charge in [0.15, 0.2) is 18.1 Å². The number of nitrogens with zero attached hydrogens (tertiary/aromatic N) is 2. The Labute approximate surface area is 184 Å². The minimum Gasteiger partial charge on any atom is -0.454 e. The highest BCUT2D eigenvalue weighted by molar-refractivity contribution is 5.99. The molecule has 10 nitrogen and oxygen atoms in total. The number of esters is 1. The lowest BCUT2D eigenvalue weighted by molar-refractivity contribution is -0.384. The van der Waals surface area contributed by atoms with Crippen LogP contribution in [0.2, 0.25) is 0 Å². The van der Waals surface area contributed by atoms with Crippen molar-refractivity contribution in [1.29, 1.82) is 0 Å². The van der Waals surface area contributed by atoms with Crippen LogP contribution >= 0.6 is 0 Å². The molecule has 2 aliphatic heterocycles. The Kier molecular flexibility index (Phi) is 6.11. The Hall–Kier alpha value is -3.82. The average molecular weight is 441 g/mol. The van der Waals surface area contributed by atoms with Crippen LogP contribution in [-0.4, -0.2) is 43.3 Å². The van der Waals surface area contributed by atoms with Gasteiger partial charge in [-0.05, 0) is 37.0 Å². The van der Waals surface area contributed by atoms with Crippen molar-refractivity contribution in [2.75, 3.05) is 36.7 Å². The van der Waals surface area contributed by atoms with Crippen LogP contribution in [0.4, 0.5) is 17.1 Å². The van der Waals surface area contributed by atoms with E-state index < -0.39 is 23.4 Å². The van der Waals surface area contributed by atoms with Crippen LogP contribution in [0.3, 0.4) is 0 Å². The maximum absolute atomic E-state index is 12.8. The standard InChI is InChI=1S/C22H23N3O7/c1-14-6-8-24(9-7-14)18-4-3-16(25(28)29)11-17(18)22(27)30-12-21(26)23-15-2-5-19-20(10-15)32-13-31-19/h2-5,10-11,14H,6-9,12-13H2,1H3,(H,23,26). The molecule has 10 heteroatoms. The molecule has 168 valence electrons. The van der Waals surface area contributed by atoms with E-state index in [9.17, 15) is 19.7 Å². The molecular formula is C22H23N3O7. The Morgan fingerprint density at radius 1 is 1.16 bits per heavy atom. The van der Waals surface area contributed by atoms with Crippen LogP contribution in [0.15, 0.2) is 36.4 Å². The van der Waals surface area contributed by atoms with E-state index in [-0.39, 0.29) is 18.0 Å². The zero-order valence-electron chi connectivity index (χ0n) is 17.5. The van der Waals surface area contributed by atoms with Crippen molar-refractivity contribution < 1.29 is 28.7 Å². The second-order valence-electron chi connectivity index (χ2n) is 7.82. The number of carbonyl (C=O) groups excluding carboxylic acids is 2. The number of hydrogen-bond donors (Lipinski definition) is 1. The average Bonchev–Trinajstić information content (AvgIpc) is 3.25. The summed E-state index contributed by atoms with van der Waals surface area (Å²) in [6.45, 7) is 3.23. The smallest absolute Gasteiger partial charge is 0.341 e. The lowest BCUT2D eigenvalue weighted by Gasteiger charge is -2.33. The van der Waals surface area contributed by atoms with Gasteiger partial charge in [0.2, 0.25) is 6.79 Å². The lowest BCUT2D eigenvalue weighted by Crippen LogP contribution is -2.34. The topological polar surface area (TPSA) is 120 Å². The molecule has 0 bridgehead atoms. The normalized spacial score (nSPS) is 15.3. The number of hydrogen-bond acceptors (Lipinski definition) is 8. The summed E-state index contributed by atoms with van der Waals surface area (Å²) in [5.74, 6) is 0.343. The maximum atomic E-state index is 12.8. The molecule has 2 heterocycles. The van der Waals surface area contributed by atoms with Gasteiger partial charge in [-0.15, -0.1) is 0 Å². The molecule has 0 radical (unpaired) electrons. The fourth-order valence-corrected chi connectivity index (χ4v) is 3.71. The van der Waals surface area contributed by atoms with Crippen molar-refractivity contribution in [1.82, 2.24) is 0 Å². The quantitative estimate of drug-likeness (QED) is 0.412. The fraction of sp³-hybridized carbons (Fsp3) is 0.364. The highest BCUT2D eigenvalue weighted by Gasteiger charge is 2.25. The molecule has 1 saturated heterocycles. The number of anilines is 2. The van der Waals surface area contributed by atoms with E-state index in [1.807, 2.05) is 4.90 Å². The van der Waals surface area contributed by atoms with Crippen LogP contribution in [0.5, 0.6) is 11.5 Å². The first-order chi connectivity index (χ1) is 15.4. The first-order valence-electron chi connectivity index (χ1n) is 10.3. The van der Waals surface area contributed by atoms with Crippen molar-refractivity contribution in [3.8, 4) is 11.5 Å². The summed E-state index contributed by atoms with van der Waals surface area (Å²) < 4.78 is 15.7. The molecule has 2 aromatic carbocycles. The summed E-state index contributed by atoms with van der Waals surface area (Å²) in [7, 11) is 0. The van der Waals surface area contributed by atoms with E-state index in [1.54, 1.807) is 24.3 Å². The minimum atomic E-state index is -0.789. The van der Waals surface area contributed by atoms with Gasteiger partial charge in [0, 0.05) is 37.0 Å². The molecule has 2 aromatic rings. The van der Waals surface area contributed by atoms with E-state index in [2.05, 4.69) is 12.2 Å². The van der Waals surface area contributed by atoms with Crippen molar-refractivity contribution in [3.05, 3.63) is 52.1 Å². The van der Waals surface area contributed by atoms with Crippen molar-refractivity contribution in [2.24, 2.45) is 5.92 Å². The number of fused-ring (bicyclic) bond motifs is 1. The molecule has 0 saturated carbocycles. The first-order valence-corrected chi connectivity index (χ1v) is 10.3. The predicted octanol–water partition coefficient (Wildman–Crippen LogP) is 3.36. The highest BCUT2D eigenvalue weighted by Crippen LogP contribution is 2.34. The van der Waals surface area contributed by atoms with E-state index in [1.165, 1.54) is 12.1 Å². The van der Waals surface area contributed by atoms with Crippen molar-refractivity contribution >= 4 is 28.9 Å². The predicted molar refractivity (Wildman–Crippen MR) is 115 cm³/mol. The SMILES string of the molecule is CC1CCN(c2ccc([N+](=O)[O-])cc2C(=O)OCC(=O)Nc2ccc3c(c2)OCO3)CC1. The summed E-state index contributed by atoms with van der Waals surface area (Å²) in [5.41, 5.74) is 0.901. The molecule has 1 N–H and O–H groups in total. The van der Waals surface area contributed by atoms with Crippen LogP contribution < -0.4 is 19.7 Å². The number of ether oxygens (including phenoxy) is 3. The van der Waals surface area contributed by atoms with Crippen LogP contribution in [-0.2, 0) is 9.53 Å². The number of piperidine rings is 1. The number of non-ortho nitro benzene ring substituents is 1. The van der Waals surface area contributed by atoms with E-state index in [4.69, 9.17) is 14.2 Å². The molecule has 2 aliphatic rings. The van der Waals surface area contributed by atoms with Gasteiger partial charge in [0.05, 0.1) is 16.2 Å². The molecule has 1 amide bonds. The Morgan fingerprint density at radius 3 is 2.66 bits per heavy atom. The molecule has 4 rings (SSSR count). The van der Waals surface area contributed by atoms with Gasteiger partial charge >= 0.3 is 5.97 Å². The van der Waals surface area contributed by atoms with E-state index >= 15 is 0 Å². The third-order valence-corrected chi connectivity index (χ3v) is 5.53. The van der Waals surface area contributed by atoms with Crippen LogP contribution in [0, 0.1) is 16.0 Å². The Bertz CT molecular complexity index is 1050. The second-order valence-corrected chi connectivity index (χ2v) is 7.82. The molecule has 0 aromatic heterocycles. The van der Waals surface area contributed by atoms with Crippen LogP contribution in [0.25, 0.3) is 0 Å². The molecular weight excluding hydrogens is 418 g/mol. The fourth-order valence-electron chi connectivity index (χ4n) is 3.71. The molecule has 0 unspecified atom stereocenters. The van der Waals surface area contributed by atoms with Crippen molar-refractivity contribution in [3.63, 3.8) is 0 Å². The first kappa shape index (κ1) is 21.4.